The molecule has 0 aliphatic carbocycles. The van der Waals surface area contributed by atoms with Crippen molar-refractivity contribution in [2.45, 2.75) is 19.8 Å². The molecular weight excluding hydrogens is 334 g/mol. The van der Waals surface area contributed by atoms with Crippen LogP contribution in [0.25, 0.3) is 0 Å². The fraction of sp³-hybridized carbons (Fsp3) is 0.333. The molecule has 1 aromatic carbocycles. The molecule has 0 atom stereocenters. The van der Waals surface area contributed by atoms with Gasteiger partial charge >= 0.3 is 0 Å². The number of ether oxygens (including phenoxy) is 1. The number of rotatable bonds is 5. The fourth-order valence-electron chi connectivity index (χ4n) is 2.16. The van der Waals surface area contributed by atoms with Gasteiger partial charge in [-0.2, -0.15) is 5.10 Å². The van der Waals surface area contributed by atoms with Crippen LogP contribution in [0.1, 0.15) is 28.7 Å². The molecule has 0 radical (unpaired) electrons. The van der Waals surface area contributed by atoms with Crippen LogP contribution in [0, 0.1) is 0 Å². The van der Waals surface area contributed by atoms with Crippen molar-refractivity contribution in [1.29, 1.82) is 0 Å². The lowest BCUT2D eigenvalue weighted by Crippen LogP contribution is -2.10. The molecule has 1 heterocycles. The van der Waals surface area contributed by atoms with Crippen LogP contribution < -0.4 is 10.5 Å². The minimum absolute atomic E-state index is 0.0576. The predicted molar refractivity (Wildman–Crippen MR) is 85.7 cm³/mol. The molecule has 0 aliphatic rings. The summed E-state index contributed by atoms with van der Waals surface area (Å²) in [6.07, 6.45) is 1.05. The van der Waals surface area contributed by atoms with Gasteiger partial charge in [-0.25, -0.2) is 0 Å². The van der Waals surface area contributed by atoms with Gasteiger partial charge in [-0.05, 0) is 40.5 Å². The molecule has 21 heavy (non-hydrogen) atoms. The minimum Gasteiger partial charge on any atom is -0.497 e. The molecule has 0 saturated carbocycles. The number of carbonyl (C=O) groups is 1. The summed E-state index contributed by atoms with van der Waals surface area (Å²) in [5, 5.41) is 4.39. The first kappa shape index (κ1) is 15.6. The van der Waals surface area contributed by atoms with Gasteiger partial charge in [-0.15, -0.1) is 0 Å². The fourth-order valence-corrected chi connectivity index (χ4v) is 2.92. The molecule has 112 valence electrons. The Hall–Kier alpha value is -1.82. The van der Waals surface area contributed by atoms with Crippen molar-refractivity contribution in [1.82, 2.24) is 9.78 Å². The summed E-state index contributed by atoms with van der Waals surface area (Å²) < 4.78 is 7.77. The Bertz CT molecular complexity index is 680. The normalized spacial score (nSPS) is 10.7. The second-order valence-electron chi connectivity index (χ2n) is 4.74. The Morgan fingerprint density at radius 3 is 2.76 bits per heavy atom. The third-order valence-electron chi connectivity index (χ3n) is 3.39. The maximum absolute atomic E-state index is 12.5. The van der Waals surface area contributed by atoms with E-state index < -0.39 is 0 Å². The summed E-state index contributed by atoms with van der Waals surface area (Å²) >= 11 is 3.52. The highest BCUT2D eigenvalue weighted by Crippen LogP contribution is 2.25. The highest BCUT2D eigenvalue weighted by Gasteiger charge is 2.18. The van der Waals surface area contributed by atoms with Crippen LogP contribution in [-0.4, -0.2) is 22.7 Å². The van der Waals surface area contributed by atoms with E-state index in [1.807, 2.05) is 14.0 Å². The zero-order valence-electron chi connectivity index (χ0n) is 12.3. The molecule has 5 nitrogen and oxygen atoms in total. The number of methoxy groups -OCH3 is 1. The molecule has 2 N–H and O–H groups in total. The third kappa shape index (κ3) is 3.10. The van der Waals surface area contributed by atoms with Crippen molar-refractivity contribution in [3.63, 3.8) is 0 Å². The average Bonchev–Trinajstić information content (AvgIpc) is 2.75. The van der Waals surface area contributed by atoms with E-state index >= 15 is 0 Å². The van der Waals surface area contributed by atoms with Gasteiger partial charge in [0.25, 0.3) is 0 Å². The van der Waals surface area contributed by atoms with E-state index in [0.29, 0.717) is 17.0 Å². The topological polar surface area (TPSA) is 70.1 Å². The number of halogens is 1. The van der Waals surface area contributed by atoms with Crippen molar-refractivity contribution in [2.24, 2.45) is 7.05 Å². The maximum Gasteiger partial charge on any atom is 0.171 e. The molecule has 0 fully saturated rings. The first-order chi connectivity index (χ1) is 9.97. The van der Waals surface area contributed by atoms with Crippen molar-refractivity contribution < 1.29 is 9.53 Å². The number of nitrogen functional groups attached to an aromatic ring is 1. The van der Waals surface area contributed by atoms with Crippen LogP contribution in [0.2, 0.25) is 0 Å². The van der Waals surface area contributed by atoms with Crippen molar-refractivity contribution >= 4 is 27.4 Å². The van der Waals surface area contributed by atoms with Crippen molar-refractivity contribution in [3.8, 4) is 5.75 Å². The van der Waals surface area contributed by atoms with Gasteiger partial charge < -0.3 is 10.5 Å². The van der Waals surface area contributed by atoms with E-state index in [0.717, 1.165) is 22.3 Å². The lowest BCUT2D eigenvalue weighted by Gasteiger charge is -2.08. The molecule has 6 heteroatoms. The van der Waals surface area contributed by atoms with Crippen LogP contribution in [0.3, 0.4) is 0 Å². The number of aromatic nitrogens is 2. The standard InChI is InChI=1S/C15H18BrN3O2/c1-4-12-15(16)13(19(2)18-12)8-14(20)10-7-9(21-3)5-6-11(10)17/h5-7H,4,8,17H2,1-3H3. The molecule has 0 aliphatic heterocycles. The van der Waals surface area contributed by atoms with Crippen LogP contribution >= 0.6 is 15.9 Å². The molecule has 0 unspecified atom stereocenters. The molecule has 0 spiro atoms. The monoisotopic (exact) mass is 351 g/mol. The SMILES string of the molecule is CCc1nn(C)c(CC(=O)c2cc(OC)ccc2N)c1Br. The first-order valence-electron chi connectivity index (χ1n) is 6.64. The van der Waals surface area contributed by atoms with E-state index in [2.05, 4.69) is 21.0 Å². The van der Waals surface area contributed by atoms with Crippen LogP contribution in [0.4, 0.5) is 5.69 Å². The van der Waals surface area contributed by atoms with Gasteiger partial charge in [0, 0.05) is 18.3 Å². The number of nitrogens with two attached hydrogens (primary N) is 1. The van der Waals surface area contributed by atoms with Gasteiger partial charge in [0.05, 0.1) is 29.4 Å². The number of hydrogen-bond acceptors (Lipinski definition) is 4. The van der Waals surface area contributed by atoms with Gasteiger partial charge in [0.1, 0.15) is 5.75 Å². The zero-order chi connectivity index (χ0) is 15.6. The van der Waals surface area contributed by atoms with Crippen LogP contribution in [0.15, 0.2) is 22.7 Å². The van der Waals surface area contributed by atoms with Crippen LogP contribution in [0.5, 0.6) is 5.75 Å². The average molecular weight is 352 g/mol. The van der Waals surface area contributed by atoms with E-state index in [1.165, 1.54) is 0 Å². The van der Waals surface area contributed by atoms with Gasteiger partial charge in [0.2, 0.25) is 0 Å². The number of ketones is 1. The van der Waals surface area contributed by atoms with E-state index in [1.54, 1.807) is 30.0 Å². The number of aryl methyl sites for hydroxylation is 2. The summed E-state index contributed by atoms with van der Waals surface area (Å²) in [6, 6.07) is 5.09. The Balaban J connectivity index is 2.32. The summed E-state index contributed by atoms with van der Waals surface area (Å²) in [4.78, 5) is 12.5. The lowest BCUT2D eigenvalue weighted by molar-refractivity contribution is 0.0991. The number of hydrogen-bond donors (Lipinski definition) is 1. The minimum atomic E-state index is -0.0576. The molecule has 0 amide bonds. The molecular formula is C15H18BrN3O2. The third-order valence-corrected chi connectivity index (χ3v) is 4.31. The zero-order valence-corrected chi connectivity index (χ0v) is 13.9. The number of benzene rings is 1. The number of anilines is 1. The summed E-state index contributed by atoms with van der Waals surface area (Å²) in [6.45, 7) is 2.03. The predicted octanol–water partition coefficient (Wildman–Crippen LogP) is 2.76. The van der Waals surface area contributed by atoms with E-state index in [9.17, 15) is 4.79 Å². The van der Waals surface area contributed by atoms with Crippen molar-refractivity contribution in [3.05, 3.63) is 39.6 Å². The summed E-state index contributed by atoms with van der Waals surface area (Å²) in [7, 11) is 3.40. The van der Waals surface area contributed by atoms with Crippen LogP contribution in [-0.2, 0) is 19.9 Å². The van der Waals surface area contributed by atoms with Gasteiger partial charge in [-0.3, -0.25) is 9.48 Å². The molecule has 2 rings (SSSR count). The van der Waals surface area contributed by atoms with E-state index in [-0.39, 0.29) is 12.2 Å². The Morgan fingerprint density at radius 1 is 1.48 bits per heavy atom. The smallest absolute Gasteiger partial charge is 0.171 e. The number of nitrogens with zero attached hydrogens (tertiary/aromatic N) is 2. The highest BCUT2D eigenvalue weighted by atomic mass is 79.9. The number of Topliss-reactive ketones (excluding diaryl/α,β-unsaturated/α-hetero) is 1. The highest BCUT2D eigenvalue weighted by molar-refractivity contribution is 9.10. The van der Waals surface area contributed by atoms with E-state index in [4.69, 9.17) is 10.5 Å². The number of carbonyl (C=O) groups excluding carboxylic acids is 1. The summed E-state index contributed by atoms with van der Waals surface area (Å²) in [5.74, 6) is 0.559. The maximum atomic E-state index is 12.5. The molecule has 0 bridgehead atoms. The van der Waals surface area contributed by atoms with Crippen molar-refractivity contribution in [2.75, 3.05) is 12.8 Å². The van der Waals surface area contributed by atoms with Gasteiger partial charge in [-0.1, -0.05) is 6.92 Å². The second kappa shape index (κ2) is 6.30. The lowest BCUT2D eigenvalue weighted by atomic mass is 10.0. The largest absolute Gasteiger partial charge is 0.497 e. The second-order valence-corrected chi connectivity index (χ2v) is 5.53. The first-order valence-corrected chi connectivity index (χ1v) is 7.44. The quantitative estimate of drug-likeness (QED) is 0.664. The Kier molecular flexibility index (Phi) is 4.67. The van der Waals surface area contributed by atoms with Gasteiger partial charge in [0.15, 0.2) is 5.78 Å². The summed E-state index contributed by atoms with van der Waals surface area (Å²) in [5.41, 5.74) is 8.61. The molecule has 1 aromatic heterocycles. The Labute approximate surface area is 132 Å². The molecule has 0 saturated heterocycles. The molecule has 2 aromatic rings. The Morgan fingerprint density at radius 2 is 2.19 bits per heavy atom.